The number of nitrogens with zero attached hydrogens (tertiary/aromatic N) is 1. The minimum Gasteiger partial charge on any atom is -0.435 e. The van der Waals surface area contributed by atoms with Crippen molar-refractivity contribution in [1.82, 2.24) is 10.2 Å². The predicted octanol–water partition coefficient (Wildman–Crippen LogP) is 2.11. The highest BCUT2D eigenvalue weighted by Gasteiger charge is 2.36. The Bertz CT molecular complexity index is 510. The summed E-state index contributed by atoms with van der Waals surface area (Å²) in [7, 11) is 0. The number of likely N-dealkylation sites (tertiary alicyclic amines) is 1. The number of fused-ring (bicyclic) bond motifs is 1. The van der Waals surface area contributed by atoms with E-state index in [-0.39, 0.29) is 11.7 Å². The van der Waals surface area contributed by atoms with Crippen LogP contribution in [0.4, 0.5) is 8.78 Å². The largest absolute Gasteiger partial charge is 0.435 e. The molecule has 6 heteroatoms. The standard InChI is InChI=1S/C15H18F2N2O2/c16-15(17)21-12-5-1-3-10(7-12)14(20)19-8-11-4-2-6-18-13(11)9-19/h1,3,5,7,11,13,15,18H,2,4,6,8-9H2. The number of rotatable bonds is 3. The topological polar surface area (TPSA) is 41.6 Å². The second-order valence-electron chi connectivity index (χ2n) is 5.58. The number of piperidine rings is 1. The number of carbonyl (C=O) groups is 1. The quantitative estimate of drug-likeness (QED) is 0.929. The molecule has 2 aliphatic rings. The molecule has 3 rings (SSSR count). The molecule has 0 spiro atoms. The molecule has 0 bridgehead atoms. The average molecular weight is 296 g/mol. The molecule has 21 heavy (non-hydrogen) atoms. The van der Waals surface area contributed by atoms with Gasteiger partial charge >= 0.3 is 6.61 Å². The van der Waals surface area contributed by atoms with Gasteiger partial charge in [-0.2, -0.15) is 8.78 Å². The highest BCUT2D eigenvalue weighted by Crippen LogP contribution is 2.26. The van der Waals surface area contributed by atoms with Crippen molar-refractivity contribution >= 4 is 5.91 Å². The molecule has 4 nitrogen and oxygen atoms in total. The van der Waals surface area contributed by atoms with Crippen LogP contribution in [0.1, 0.15) is 23.2 Å². The molecule has 1 aromatic carbocycles. The summed E-state index contributed by atoms with van der Waals surface area (Å²) >= 11 is 0. The molecular weight excluding hydrogens is 278 g/mol. The van der Waals surface area contributed by atoms with Crippen molar-refractivity contribution in [2.75, 3.05) is 19.6 Å². The van der Waals surface area contributed by atoms with Crippen LogP contribution in [0.3, 0.4) is 0 Å². The molecule has 1 N–H and O–H groups in total. The van der Waals surface area contributed by atoms with Crippen molar-refractivity contribution in [3.8, 4) is 5.75 Å². The van der Waals surface area contributed by atoms with Gasteiger partial charge in [0.05, 0.1) is 0 Å². The number of ether oxygens (including phenoxy) is 1. The zero-order chi connectivity index (χ0) is 14.8. The summed E-state index contributed by atoms with van der Waals surface area (Å²) in [5.41, 5.74) is 0.395. The van der Waals surface area contributed by atoms with Crippen LogP contribution in [-0.2, 0) is 0 Å². The SMILES string of the molecule is O=C(c1cccc(OC(F)F)c1)N1CC2CCCNC2C1. The number of hydrogen-bond acceptors (Lipinski definition) is 3. The molecule has 2 unspecified atom stereocenters. The van der Waals surface area contributed by atoms with Gasteiger partial charge in [0.15, 0.2) is 0 Å². The lowest BCUT2D eigenvalue weighted by Crippen LogP contribution is -2.41. The Hall–Kier alpha value is -1.69. The molecule has 114 valence electrons. The second-order valence-corrected chi connectivity index (χ2v) is 5.58. The number of alkyl halides is 2. The molecule has 1 amide bonds. The maximum Gasteiger partial charge on any atom is 0.387 e. The third kappa shape index (κ3) is 3.15. The monoisotopic (exact) mass is 296 g/mol. The molecule has 0 aliphatic carbocycles. The van der Waals surface area contributed by atoms with Gasteiger partial charge in [0.25, 0.3) is 5.91 Å². The highest BCUT2D eigenvalue weighted by molar-refractivity contribution is 5.94. The van der Waals surface area contributed by atoms with Gasteiger partial charge in [0.2, 0.25) is 0 Å². The van der Waals surface area contributed by atoms with E-state index in [4.69, 9.17) is 0 Å². The number of carbonyl (C=O) groups excluding carboxylic acids is 1. The lowest BCUT2D eigenvalue weighted by atomic mass is 9.94. The van der Waals surface area contributed by atoms with Crippen LogP contribution >= 0.6 is 0 Å². The first-order valence-electron chi connectivity index (χ1n) is 7.21. The van der Waals surface area contributed by atoms with E-state index in [2.05, 4.69) is 10.1 Å². The molecular formula is C15H18F2N2O2. The van der Waals surface area contributed by atoms with Gasteiger partial charge in [-0.3, -0.25) is 4.79 Å². The highest BCUT2D eigenvalue weighted by atomic mass is 19.3. The number of amides is 1. The van der Waals surface area contributed by atoms with Crippen LogP contribution in [0.5, 0.6) is 5.75 Å². The molecule has 2 atom stereocenters. The molecule has 2 aliphatic heterocycles. The summed E-state index contributed by atoms with van der Waals surface area (Å²) in [6.07, 6.45) is 2.27. The Kier molecular flexibility index (Phi) is 4.05. The summed E-state index contributed by atoms with van der Waals surface area (Å²) < 4.78 is 28.8. The van der Waals surface area contributed by atoms with E-state index in [1.54, 1.807) is 17.0 Å². The van der Waals surface area contributed by atoms with Gasteiger partial charge in [-0.25, -0.2) is 0 Å². The van der Waals surface area contributed by atoms with E-state index < -0.39 is 6.61 Å². The van der Waals surface area contributed by atoms with Crippen LogP contribution in [0.2, 0.25) is 0 Å². The molecule has 0 saturated carbocycles. The third-order valence-electron chi connectivity index (χ3n) is 4.19. The fourth-order valence-corrected chi connectivity index (χ4v) is 3.20. The van der Waals surface area contributed by atoms with Gasteiger partial charge < -0.3 is 15.0 Å². The van der Waals surface area contributed by atoms with Crippen LogP contribution in [-0.4, -0.2) is 43.1 Å². The first-order chi connectivity index (χ1) is 10.1. The number of nitrogens with one attached hydrogen (secondary N) is 1. The van der Waals surface area contributed by atoms with E-state index >= 15 is 0 Å². The van der Waals surface area contributed by atoms with E-state index in [1.165, 1.54) is 12.1 Å². The number of halogens is 2. The lowest BCUT2D eigenvalue weighted by molar-refractivity contribution is -0.0499. The summed E-state index contributed by atoms with van der Waals surface area (Å²) in [4.78, 5) is 14.3. The summed E-state index contributed by atoms with van der Waals surface area (Å²) in [6, 6.07) is 6.36. The van der Waals surface area contributed by atoms with Gasteiger partial charge in [-0.05, 0) is 43.5 Å². The first kappa shape index (κ1) is 14.3. The van der Waals surface area contributed by atoms with Gasteiger partial charge in [0, 0.05) is 24.7 Å². The maximum atomic E-state index is 12.5. The molecule has 0 aromatic heterocycles. The Morgan fingerprint density at radius 3 is 3.00 bits per heavy atom. The van der Waals surface area contributed by atoms with Crippen molar-refractivity contribution in [2.45, 2.75) is 25.5 Å². The van der Waals surface area contributed by atoms with Crippen LogP contribution in [0, 0.1) is 5.92 Å². The molecule has 2 saturated heterocycles. The van der Waals surface area contributed by atoms with Crippen LogP contribution < -0.4 is 10.1 Å². The molecule has 1 aromatic rings. The van der Waals surface area contributed by atoms with Crippen molar-refractivity contribution in [2.24, 2.45) is 5.92 Å². The van der Waals surface area contributed by atoms with E-state index in [1.807, 2.05) is 0 Å². The summed E-state index contributed by atoms with van der Waals surface area (Å²) in [5, 5.41) is 3.44. The Morgan fingerprint density at radius 1 is 1.38 bits per heavy atom. The average Bonchev–Trinajstić information content (AvgIpc) is 2.90. The summed E-state index contributed by atoms with van der Waals surface area (Å²) in [6.45, 7) is -0.463. The minimum absolute atomic E-state index is 0.0191. The van der Waals surface area contributed by atoms with Crippen molar-refractivity contribution in [3.63, 3.8) is 0 Å². The van der Waals surface area contributed by atoms with Crippen LogP contribution in [0.25, 0.3) is 0 Å². The second kappa shape index (κ2) is 5.97. The van der Waals surface area contributed by atoms with Crippen molar-refractivity contribution in [3.05, 3.63) is 29.8 Å². The van der Waals surface area contributed by atoms with Crippen molar-refractivity contribution in [1.29, 1.82) is 0 Å². The fraction of sp³-hybridized carbons (Fsp3) is 0.533. The predicted molar refractivity (Wildman–Crippen MR) is 73.5 cm³/mol. The summed E-state index contributed by atoms with van der Waals surface area (Å²) in [5.74, 6) is 0.403. The molecule has 0 radical (unpaired) electrons. The van der Waals surface area contributed by atoms with E-state index in [0.29, 0.717) is 24.1 Å². The third-order valence-corrected chi connectivity index (χ3v) is 4.19. The maximum absolute atomic E-state index is 12.5. The van der Waals surface area contributed by atoms with Gasteiger partial charge in [-0.1, -0.05) is 6.07 Å². The fourth-order valence-electron chi connectivity index (χ4n) is 3.20. The van der Waals surface area contributed by atoms with Gasteiger partial charge in [-0.15, -0.1) is 0 Å². The minimum atomic E-state index is -2.88. The van der Waals surface area contributed by atoms with E-state index in [0.717, 1.165) is 25.9 Å². The molecule has 2 fully saturated rings. The van der Waals surface area contributed by atoms with Crippen LogP contribution in [0.15, 0.2) is 24.3 Å². The zero-order valence-corrected chi connectivity index (χ0v) is 11.6. The first-order valence-corrected chi connectivity index (χ1v) is 7.21. The van der Waals surface area contributed by atoms with Gasteiger partial charge in [0.1, 0.15) is 5.75 Å². The van der Waals surface area contributed by atoms with Crippen molar-refractivity contribution < 1.29 is 18.3 Å². The Morgan fingerprint density at radius 2 is 2.24 bits per heavy atom. The smallest absolute Gasteiger partial charge is 0.387 e. The normalized spacial score (nSPS) is 25.0. The Labute approximate surface area is 122 Å². The number of benzene rings is 1. The Balaban J connectivity index is 1.70. The van der Waals surface area contributed by atoms with E-state index in [9.17, 15) is 13.6 Å². The number of hydrogen-bond donors (Lipinski definition) is 1. The zero-order valence-electron chi connectivity index (χ0n) is 11.6. The lowest BCUT2D eigenvalue weighted by Gasteiger charge is -2.24. The molecule has 2 heterocycles.